The lowest BCUT2D eigenvalue weighted by molar-refractivity contribution is -0.141. The first-order chi connectivity index (χ1) is 10.8. The molecule has 0 aromatic carbocycles. The monoisotopic (exact) mass is 393 g/mol. The number of carbonyl (C=O) groups is 1. The minimum atomic E-state index is -2.49. The number of alkyl halides is 3. The van der Waals surface area contributed by atoms with Crippen molar-refractivity contribution in [3.63, 3.8) is 0 Å². The third-order valence-corrected chi connectivity index (χ3v) is 6.84. The number of hydrogen-bond donors (Lipinski definition) is 0. The Balaban J connectivity index is 1.68. The fourth-order valence-corrected chi connectivity index (χ4v) is 7.17. The Morgan fingerprint density at radius 3 is 2.48 bits per heavy atom. The van der Waals surface area contributed by atoms with E-state index in [-0.39, 0.29) is 22.2 Å². The summed E-state index contributed by atoms with van der Waals surface area (Å²) in [6.45, 7) is 0.0751. The molecular formula is C17H26BrF2NO2. The Morgan fingerprint density at radius 1 is 1.30 bits per heavy atom. The number of carbonyl (C=O) groups excluding carboxylic acids is 1. The van der Waals surface area contributed by atoms with Gasteiger partial charge in [0.15, 0.2) is 0 Å². The molecule has 4 aliphatic rings. The van der Waals surface area contributed by atoms with Crippen molar-refractivity contribution in [2.24, 2.45) is 17.3 Å². The zero-order valence-electron chi connectivity index (χ0n) is 13.7. The lowest BCUT2D eigenvalue weighted by atomic mass is 9.48. The van der Waals surface area contributed by atoms with Crippen LogP contribution in [0.15, 0.2) is 0 Å². The maximum atomic E-state index is 12.8. The van der Waals surface area contributed by atoms with E-state index in [4.69, 9.17) is 4.74 Å². The molecule has 4 saturated carbocycles. The van der Waals surface area contributed by atoms with Crippen LogP contribution in [-0.2, 0) is 9.53 Å². The van der Waals surface area contributed by atoms with E-state index in [0.717, 1.165) is 19.3 Å². The van der Waals surface area contributed by atoms with Crippen LogP contribution < -0.4 is 0 Å². The summed E-state index contributed by atoms with van der Waals surface area (Å²) in [5.41, 5.74) is 0.0259. The van der Waals surface area contributed by atoms with Gasteiger partial charge < -0.3 is 9.64 Å². The molecular weight excluding hydrogens is 368 g/mol. The van der Waals surface area contributed by atoms with Crippen molar-refractivity contribution in [3.8, 4) is 0 Å². The number of halogens is 3. The van der Waals surface area contributed by atoms with Crippen molar-refractivity contribution in [1.82, 2.24) is 4.90 Å². The maximum absolute atomic E-state index is 12.8. The van der Waals surface area contributed by atoms with Crippen molar-refractivity contribution in [2.45, 2.75) is 55.7 Å². The Hall–Kier alpha value is -0.230. The van der Waals surface area contributed by atoms with Crippen LogP contribution in [0.1, 0.15) is 44.9 Å². The summed E-state index contributed by atoms with van der Waals surface area (Å²) in [6, 6.07) is 0. The fourth-order valence-electron chi connectivity index (χ4n) is 5.66. The average molecular weight is 394 g/mol. The van der Waals surface area contributed by atoms with Gasteiger partial charge in [0, 0.05) is 24.4 Å². The van der Waals surface area contributed by atoms with Crippen LogP contribution in [0.25, 0.3) is 0 Å². The molecule has 3 nitrogen and oxygen atoms in total. The van der Waals surface area contributed by atoms with Crippen LogP contribution in [0, 0.1) is 17.3 Å². The van der Waals surface area contributed by atoms with Crippen LogP contribution in [0.4, 0.5) is 8.78 Å². The van der Waals surface area contributed by atoms with Crippen LogP contribution >= 0.6 is 15.9 Å². The van der Waals surface area contributed by atoms with Gasteiger partial charge >= 0.3 is 0 Å². The lowest BCUT2D eigenvalue weighted by Crippen LogP contribution is -2.54. The minimum absolute atomic E-state index is 0.0259. The van der Waals surface area contributed by atoms with Gasteiger partial charge in [-0.1, -0.05) is 15.9 Å². The fraction of sp³-hybridized carbons (Fsp3) is 0.941. The zero-order valence-corrected chi connectivity index (χ0v) is 15.3. The molecule has 4 fully saturated rings. The van der Waals surface area contributed by atoms with Crippen molar-refractivity contribution in [2.75, 3.05) is 26.8 Å². The highest BCUT2D eigenvalue weighted by Crippen LogP contribution is 2.65. The van der Waals surface area contributed by atoms with Crippen LogP contribution in [-0.4, -0.2) is 48.4 Å². The van der Waals surface area contributed by atoms with E-state index in [0.29, 0.717) is 24.9 Å². The Bertz CT molecular complexity index is 446. The van der Waals surface area contributed by atoms with Crippen LogP contribution in [0.5, 0.6) is 0 Å². The summed E-state index contributed by atoms with van der Waals surface area (Å²) in [5, 5.41) is 0. The zero-order chi connectivity index (χ0) is 16.7. The molecule has 1 amide bonds. The third kappa shape index (κ3) is 3.89. The summed E-state index contributed by atoms with van der Waals surface area (Å²) in [7, 11) is 1.53. The molecule has 0 heterocycles. The first-order valence-electron chi connectivity index (χ1n) is 8.57. The number of methoxy groups -OCH3 is 1. The molecule has 4 rings (SSSR count). The topological polar surface area (TPSA) is 29.5 Å². The van der Waals surface area contributed by atoms with Crippen molar-refractivity contribution < 1.29 is 18.3 Å². The van der Waals surface area contributed by atoms with E-state index in [1.54, 1.807) is 0 Å². The molecule has 2 atom stereocenters. The van der Waals surface area contributed by atoms with E-state index in [2.05, 4.69) is 15.9 Å². The molecule has 0 aromatic heterocycles. The molecule has 0 spiro atoms. The first-order valence-corrected chi connectivity index (χ1v) is 9.36. The highest BCUT2D eigenvalue weighted by Gasteiger charge is 2.57. The van der Waals surface area contributed by atoms with Gasteiger partial charge in [-0.2, -0.15) is 0 Å². The van der Waals surface area contributed by atoms with Gasteiger partial charge in [-0.3, -0.25) is 4.79 Å². The maximum Gasteiger partial charge on any atom is 0.255 e. The number of hydrogen-bond acceptors (Lipinski definition) is 2. The predicted octanol–water partition coefficient (Wildman–Crippen LogP) is 3.85. The first kappa shape index (κ1) is 17.6. The molecule has 0 aliphatic heterocycles. The Morgan fingerprint density at radius 2 is 1.96 bits per heavy atom. The van der Waals surface area contributed by atoms with Crippen molar-refractivity contribution in [3.05, 3.63) is 0 Å². The third-order valence-electron chi connectivity index (χ3n) is 5.91. The molecule has 6 heteroatoms. The molecule has 0 aromatic rings. The molecule has 0 radical (unpaired) electrons. The second-order valence-electron chi connectivity index (χ2n) is 8.01. The average Bonchev–Trinajstić information content (AvgIpc) is 2.39. The second kappa shape index (κ2) is 6.58. The number of ether oxygens (including phenoxy) is 1. The van der Waals surface area contributed by atoms with Crippen molar-refractivity contribution >= 4 is 21.8 Å². The van der Waals surface area contributed by atoms with Gasteiger partial charge in [-0.15, -0.1) is 0 Å². The lowest BCUT2D eigenvalue weighted by Gasteiger charge is -2.60. The van der Waals surface area contributed by atoms with Gasteiger partial charge in [-0.25, -0.2) is 8.78 Å². The molecule has 0 saturated heterocycles. The summed E-state index contributed by atoms with van der Waals surface area (Å²) in [4.78, 5) is 14.0. The molecule has 132 valence electrons. The van der Waals surface area contributed by atoms with E-state index >= 15 is 0 Å². The minimum Gasteiger partial charge on any atom is -0.383 e. The van der Waals surface area contributed by atoms with E-state index in [9.17, 15) is 13.6 Å². The van der Waals surface area contributed by atoms with Gasteiger partial charge in [0.1, 0.15) is 0 Å². The van der Waals surface area contributed by atoms with Gasteiger partial charge in [0.25, 0.3) is 6.43 Å². The van der Waals surface area contributed by atoms with E-state index in [1.807, 2.05) is 0 Å². The standard InChI is InChI=1S/C17H26BrF2NO2/c1-23-3-2-21(10-14(19)20)15(22)9-16-5-12-4-13(6-16)8-17(18,7-12)11-16/h12-14H,2-11H2,1H3. The molecule has 4 bridgehead atoms. The smallest absolute Gasteiger partial charge is 0.255 e. The summed E-state index contributed by atoms with van der Waals surface area (Å²) in [6.07, 6.45) is 4.84. The molecule has 0 N–H and O–H groups in total. The number of nitrogens with zero attached hydrogens (tertiary/aromatic N) is 1. The van der Waals surface area contributed by atoms with E-state index in [1.165, 1.54) is 31.3 Å². The largest absolute Gasteiger partial charge is 0.383 e. The second-order valence-corrected chi connectivity index (χ2v) is 9.69. The summed E-state index contributed by atoms with van der Waals surface area (Å²) >= 11 is 3.94. The molecule has 2 unspecified atom stereocenters. The SMILES string of the molecule is COCCN(CC(F)F)C(=O)CC12CC3CC(CC(Br)(C3)C1)C2. The van der Waals surface area contributed by atoms with Crippen LogP contribution in [0.2, 0.25) is 0 Å². The highest BCUT2D eigenvalue weighted by atomic mass is 79.9. The number of amides is 1. The highest BCUT2D eigenvalue weighted by molar-refractivity contribution is 9.10. The Kier molecular flexibility index (Phi) is 5.03. The molecule has 4 aliphatic carbocycles. The molecule has 23 heavy (non-hydrogen) atoms. The van der Waals surface area contributed by atoms with Gasteiger partial charge in [-0.05, 0) is 55.8 Å². The Labute approximate surface area is 145 Å². The van der Waals surface area contributed by atoms with Crippen LogP contribution in [0.3, 0.4) is 0 Å². The van der Waals surface area contributed by atoms with Gasteiger partial charge in [0.2, 0.25) is 5.91 Å². The normalized spacial score (nSPS) is 38.3. The van der Waals surface area contributed by atoms with E-state index < -0.39 is 13.0 Å². The quantitative estimate of drug-likeness (QED) is 0.614. The summed E-state index contributed by atoms with van der Waals surface area (Å²) < 4.78 is 30.7. The van der Waals surface area contributed by atoms with Gasteiger partial charge in [0.05, 0.1) is 13.2 Å². The number of rotatable bonds is 7. The summed E-state index contributed by atoms with van der Waals surface area (Å²) in [5.74, 6) is 1.28. The van der Waals surface area contributed by atoms with Crippen molar-refractivity contribution in [1.29, 1.82) is 0 Å². The predicted molar refractivity (Wildman–Crippen MR) is 87.9 cm³/mol.